The highest BCUT2D eigenvalue weighted by atomic mass is 16.5. The molecule has 6 heteroatoms. The van der Waals surface area contributed by atoms with Gasteiger partial charge in [-0.1, -0.05) is 13.8 Å². The molecule has 1 heterocycles. The first kappa shape index (κ1) is 16.0. The first-order chi connectivity index (χ1) is 11.5. The number of anilines is 1. The third-order valence-corrected chi connectivity index (χ3v) is 3.56. The summed E-state index contributed by atoms with van der Waals surface area (Å²) in [6.45, 7) is 4.03. The van der Waals surface area contributed by atoms with Crippen molar-refractivity contribution in [3.05, 3.63) is 42.5 Å². The summed E-state index contributed by atoms with van der Waals surface area (Å²) in [5.74, 6) is 1.11. The molecule has 0 atom stereocenters. The zero-order valence-corrected chi connectivity index (χ0v) is 14.0. The molecule has 1 N–H and O–H groups in total. The second-order valence-electron chi connectivity index (χ2n) is 6.04. The summed E-state index contributed by atoms with van der Waals surface area (Å²) in [7, 11) is 1.63. The van der Waals surface area contributed by atoms with Crippen LogP contribution in [0.4, 0.5) is 5.69 Å². The lowest BCUT2D eigenvalue weighted by molar-refractivity contribution is -0.116. The van der Waals surface area contributed by atoms with Gasteiger partial charge < -0.3 is 10.1 Å². The Kier molecular flexibility index (Phi) is 4.46. The topological polar surface area (TPSA) is 69.0 Å². The Balaban J connectivity index is 1.84. The summed E-state index contributed by atoms with van der Waals surface area (Å²) < 4.78 is 5.15. The Labute approximate surface area is 140 Å². The third-order valence-electron chi connectivity index (χ3n) is 3.56. The van der Waals surface area contributed by atoms with Gasteiger partial charge in [0.2, 0.25) is 5.91 Å². The third kappa shape index (κ3) is 3.53. The lowest BCUT2D eigenvalue weighted by Crippen LogP contribution is -2.13. The molecule has 1 amide bonds. The Morgan fingerprint density at radius 2 is 1.83 bits per heavy atom. The highest BCUT2D eigenvalue weighted by Crippen LogP contribution is 2.19. The van der Waals surface area contributed by atoms with Crippen molar-refractivity contribution in [3.8, 4) is 11.4 Å². The van der Waals surface area contributed by atoms with E-state index >= 15 is 0 Å². The number of hydrogen-bond acceptors (Lipinski definition) is 4. The Morgan fingerprint density at radius 3 is 2.50 bits per heavy atom. The predicted octanol–water partition coefficient (Wildman–Crippen LogP) is 3.41. The lowest BCUT2D eigenvalue weighted by Gasteiger charge is -2.06. The van der Waals surface area contributed by atoms with Crippen molar-refractivity contribution in [2.45, 2.75) is 20.3 Å². The zero-order chi connectivity index (χ0) is 17.1. The monoisotopic (exact) mass is 324 g/mol. The van der Waals surface area contributed by atoms with E-state index in [4.69, 9.17) is 4.74 Å². The standard InChI is InChI=1S/C18H20N4O2/c1-12(2)10-18(23)19-13-4-9-16-17(11-13)21-22(20-16)14-5-7-15(24-3)8-6-14/h4-9,11-12H,10H2,1-3H3,(H,19,23). The minimum absolute atomic E-state index is 0.00639. The van der Waals surface area contributed by atoms with E-state index in [2.05, 4.69) is 15.5 Å². The number of methoxy groups -OCH3 is 1. The maximum Gasteiger partial charge on any atom is 0.224 e. The number of carbonyl (C=O) groups excluding carboxylic acids is 1. The van der Waals surface area contributed by atoms with Crippen molar-refractivity contribution in [2.75, 3.05) is 12.4 Å². The van der Waals surface area contributed by atoms with E-state index in [0.29, 0.717) is 12.3 Å². The maximum atomic E-state index is 11.9. The van der Waals surface area contributed by atoms with Crippen molar-refractivity contribution in [1.82, 2.24) is 15.0 Å². The molecule has 3 rings (SSSR count). The van der Waals surface area contributed by atoms with Gasteiger partial charge in [-0.25, -0.2) is 0 Å². The van der Waals surface area contributed by atoms with Crippen LogP contribution in [0.3, 0.4) is 0 Å². The largest absolute Gasteiger partial charge is 0.497 e. The van der Waals surface area contributed by atoms with Gasteiger partial charge in [0.15, 0.2) is 0 Å². The van der Waals surface area contributed by atoms with Crippen molar-refractivity contribution in [2.24, 2.45) is 5.92 Å². The van der Waals surface area contributed by atoms with E-state index in [9.17, 15) is 4.79 Å². The molecule has 0 spiro atoms. The molecule has 0 bridgehead atoms. The summed E-state index contributed by atoms with van der Waals surface area (Å²) in [6, 6.07) is 13.0. The zero-order valence-electron chi connectivity index (χ0n) is 14.0. The van der Waals surface area contributed by atoms with Crippen LogP contribution in [0.25, 0.3) is 16.7 Å². The molecule has 0 fully saturated rings. The molecule has 0 aliphatic heterocycles. The Hall–Kier alpha value is -2.89. The number of benzene rings is 2. The normalized spacial score (nSPS) is 11.0. The number of hydrogen-bond donors (Lipinski definition) is 1. The van der Waals surface area contributed by atoms with Crippen LogP contribution in [-0.4, -0.2) is 28.0 Å². The van der Waals surface area contributed by atoms with E-state index in [0.717, 1.165) is 28.2 Å². The molecule has 0 aliphatic rings. The highest BCUT2D eigenvalue weighted by molar-refractivity contribution is 5.93. The SMILES string of the molecule is COc1ccc(-n2nc3ccc(NC(=O)CC(C)C)cc3n2)cc1. The molecular weight excluding hydrogens is 304 g/mol. The molecular formula is C18H20N4O2. The molecule has 0 radical (unpaired) electrons. The average molecular weight is 324 g/mol. The van der Waals surface area contributed by atoms with Crippen molar-refractivity contribution in [3.63, 3.8) is 0 Å². The number of rotatable bonds is 5. The van der Waals surface area contributed by atoms with Crippen molar-refractivity contribution in [1.29, 1.82) is 0 Å². The number of nitrogens with zero attached hydrogens (tertiary/aromatic N) is 3. The van der Waals surface area contributed by atoms with Crippen LogP contribution in [-0.2, 0) is 4.79 Å². The van der Waals surface area contributed by atoms with Crippen LogP contribution in [0.2, 0.25) is 0 Å². The van der Waals surface area contributed by atoms with Crippen molar-refractivity contribution >= 4 is 22.6 Å². The highest BCUT2D eigenvalue weighted by Gasteiger charge is 2.09. The van der Waals surface area contributed by atoms with Crippen LogP contribution < -0.4 is 10.1 Å². The Bertz CT molecular complexity index is 853. The first-order valence-corrected chi connectivity index (χ1v) is 7.86. The minimum Gasteiger partial charge on any atom is -0.497 e. The quantitative estimate of drug-likeness (QED) is 0.781. The van der Waals surface area contributed by atoms with Crippen LogP contribution in [0, 0.1) is 5.92 Å². The van der Waals surface area contributed by atoms with Crippen LogP contribution in [0.1, 0.15) is 20.3 Å². The fraction of sp³-hybridized carbons (Fsp3) is 0.278. The Morgan fingerprint density at radius 1 is 1.12 bits per heavy atom. The van der Waals surface area contributed by atoms with E-state index in [-0.39, 0.29) is 5.91 Å². The van der Waals surface area contributed by atoms with E-state index in [1.54, 1.807) is 11.9 Å². The smallest absolute Gasteiger partial charge is 0.224 e. The molecule has 0 saturated carbocycles. The number of fused-ring (bicyclic) bond motifs is 1. The fourth-order valence-corrected chi connectivity index (χ4v) is 2.41. The number of ether oxygens (including phenoxy) is 1. The summed E-state index contributed by atoms with van der Waals surface area (Å²) in [5.41, 5.74) is 3.08. The number of carbonyl (C=O) groups is 1. The number of nitrogens with one attached hydrogen (secondary N) is 1. The van der Waals surface area contributed by atoms with Gasteiger partial charge in [0.05, 0.1) is 12.8 Å². The first-order valence-electron chi connectivity index (χ1n) is 7.86. The molecule has 2 aromatic carbocycles. The number of amides is 1. The van der Waals surface area contributed by atoms with E-state index in [1.165, 1.54) is 0 Å². The summed E-state index contributed by atoms with van der Waals surface area (Å²) in [5, 5.41) is 11.8. The van der Waals surface area contributed by atoms with Gasteiger partial charge >= 0.3 is 0 Å². The summed E-state index contributed by atoms with van der Waals surface area (Å²) >= 11 is 0. The second kappa shape index (κ2) is 6.70. The molecule has 24 heavy (non-hydrogen) atoms. The van der Waals surface area contributed by atoms with Gasteiger partial charge in [-0.2, -0.15) is 4.80 Å². The average Bonchev–Trinajstić information content (AvgIpc) is 2.97. The number of aromatic nitrogens is 3. The maximum absolute atomic E-state index is 11.9. The molecule has 0 aliphatic carbocycles. The van der Waals surface area contributed by atoms with Crippen molar-refractivity contribution < 1.29 is 9.53 Å². The summed E-state index contributed by atoms with van der Waals surface area (Å²) in [6.07, 6.45) is 0.497. The predicted molar refractivity (Wildman–Crippen MR) is 93.5 cm³/mol. The van der Waals surface area contributed by atoms with E-state index < -0.39 is 0 Å². The molecule has 0 saturated heterocycles. The second-order valence-corrected chi connectivity index (χ2v) is 6.04. The molecule has 0 unspecified atom stereocenters. The summed E-state index contributed by atoms with van der Waals surface area (Å²) in [4.78, 5) is 13.5. The van der Waals surface area contributed by atoms with Gasteiger partial charge in [-0.05, 0) is 48.4 Å². The van der Waals surface area contributed by atoms with Gasteiger partial charge in [0, 0.05) is 12.1 Å². The fourth-order valence-electron chi connectivity index (χ4n) is 2.41. The van der Waals surface area contributed by atoms with Crippen LogP contribution in [0.15, 0.2) is 42.5 Å². The molecule has 6 nitrogen and oxygen atoms in total. The van der Waals surface area contributed by atoms with Crippen LogP contribution in [0.5, 0.6) is 5.75 Å². The molecule has 124 valence electrons. The molecule has 3 aromatic rings. The van der Waals surface area contributed by atoms with E-state index in [1.807, 2.05) is 56.3 Å². The minimum atomic E-state index is 0.00639. The van der Waals surface area contributed by atoms with Gasteiger partial charge in [-0.3, -0.25) is 4.79 Å². The van der Waals surface area contributed by atoms with Gasteiger partial charge in [0.1, 0.15) is 16.8 Å². The van der Waals surface area contributed by atoms with Gasteiger partial charge in [0.25, 0.3) is 0 Å². The van der Waals surface area contributed by atoms with Crippen LogP contribution >= 0.6 is 0 Å². The lowest BCUT2D eigenvalue weighted by atomic mass is 10.1. The van der Waals surface area contributed by atoms with Gasteiger partial charge in [-0.15, -0.1) is 10.2 Å². The molecule has 1 aromatic heterocycles.